The smallest absolute Gasteiger partial charge is 0.310 e. The summed E-state index contributed by atoms with van der Waals surface area (Å²) in [6.45, 7) is 12.9. The lowest BCUT2D eigenvalue weighted by molar-refractivity contribution is -0.199. The molecule has 35 heavy (non-hydrogen) atoms. The van der Waals surface area contributed by atoms with E-state index in [0.29, 0.717) is 37.9 Å². The standard InChI is InChI=1S/C30H44O5/c1-25(2)11-12-29(24(34)35)13-14-30(17-31)18(19(29)16-25)15-20(32)23-27(5)9-8-22(33)26(3,4)21(27)7-10-28(23,30)6/h15,19,21,23,31H,7-14,16-17H2,1-6H3,(H,34,35)/t19-,21-,23+,27-,28+,29-,30-/m0/s1. The Morgan fingerprint density at radius 3 is 2.26 bits per heavy atom. The number of aliphatic hydroxyl groups excluding tert-OH is 1. The number of carboxylic acids is 1. The highest BCUT2D eigenvalue weighted by Gasteiger charge is 2.72. The fourth-order valence-corrected chi connectivity index (χ4v) is 10.4. The summed E-state index contributed by atoms with van der Waals surface area (Å²) in [5, 5.41) is 21.7. The van der Waals surface area contributed by atoms with Gasteiger partial charge in [-0.15, -0.1) is 0 Å². The Morgan fingerprint density at radius 2 is 1.63 bits per heavy atom. The third-order valence-corrected chi connectivity index (χ3v) is 12.5. The molecular weight excluding hydrogens is 440 g/mol. The van der Waals surface area contributed by atoms with Gasteiger partial charge in [0.05, 0.1) is 12.0 Å². The van der Waals surface area contributed by atoms with Crippen LogP contribution in [0, 0.1) is 50.2 Å². The second-order valence-corrected chi connectivity index (χ2v) is 14.7. The number of carbonyl (C=O) groups is 3. The van der Waals surface area contributed by atoms with Crippen molar-refractivity contribution in [3.8, 4) is 0 Å². The third-order valence-electron chi connectivity index (χ3n) is 12.5. The van der Waals surface area contributed by atoms with E-state index in [4.69, 9.17) is 0 Å². The highest BCUT2D eigenvalue weighted by molar-refractivity contribution is 5.96. The van der Waals surface area contributed by atoms with Crippen LogP contribution in [0.3, 0.4) is 0 Å². The summed E-state index contributed by atoms with van der Waals surface area (Å²) in [7, 11) is 0. The van der Waals surface area contributed by atoms with Crippen LogP contribution < -0.4 is 0 Å². The summed E-state index contributed by atoms with van der Waals surface area (Å²) in [6.07, 6.45) is 8.08. The molecule has 0 spiro atoms. The number of aliphatic carboxylic acids is 1. The second kappa shape index (κ2) is 7.30. The van der Waals surface area contributed by atoms with Crippen molar-refractivity contribution in [3.63, 3.8) is 0 Å². The molecule has 0 bridgehead atoms. The number of fused-ring (bicyclic) bond motifs is 7. The number of carboxylic acid groups (broad SMARTS) is 1. The van der Waals surface area contributed by atoms with Gasteiger partial charge in [-0.1, -0.05) is 47.1 Å². The quantitative estimate of drug-likeness (QED) is 0.533. The van der Waals surface area contributed by atoms with Gasteiger partial charge in [0.15, 0.2) is 5.78 Å². The maximum atomic E-state index is 14.2. The first-order chi connectivity index (χ1) is 16.1. The van der Waals surface area contributed by atoms with Crippen LogP contribution in [0.15, 0.2) is 11.6 Å². The predicted molar refractivity (Wildman–Crippen MR) is 133 cm³/mol. The average molecular weight is 485 g/mol. The molecule has 7 atom stereocenters. The number of ketones is 2. The maximum absolute atomic E-state index is 14.2. The van der Waals surface area contributed by atoms with Crippen molar-refractivity contribution in [1.82, 2.24) is 0 Å². The number of allylic oxidation sites excluding steroid dienone is 1. The van der Waals surface area contributed by atoms with Crippen molar-refractivity contribution in [3.05, 3.63) is 11.6 Å². The Labute approximate surface area is 210 Å². The zero-order valence-corrected chi connectivity index (χ0v) is 22.5. The van der Waals surface area contributed by atoms with Crippen LogP contribution in [0.5, 0.6) is 0 Å². The van der Waals surface area contributed by atoms with E-state index in [9.17, 15) is 24.6 Å². The number of rotatable bonds is 2. The van der Waals surface area contributed by atoms with Gasteiger partial charge in [0.25, 0.3) is 0 Å². The summed E-state index contributed by atoms with van der Waals surface area (Å²) in [4.78, 5) is 39.9. The lowest BCUT2D eigenvalue weighted by Gasteiger charge is -2.70. The van der Waals surface area contributed by atoms with E-state index in [1.807, 2.05) is 6.08 Å². The summed E-state index contributed by atoms with van der Waals surface area (Å²) >= 11 is 0. The van der Waals surface area contributed by atoms with Gasteiger partial charge in [0, 0.05) is 23.2 Å². The highest BCUT2D eigenvalue weighted by atomic mass is 16.4. The Hall–Kier alpha value is -1.49. The van der Waals surface area contributed by atoms with Crippen LogP contribution in [-0.2, 0) is 14.4 Å². The Morgan fingerprint density at radius 1 is 0.971 bits per heavy atom. The van der Waals surface area contributed by atoms with Gasteiger partial charge < -0.3 is 10.2 Å². The molecule has 0 aromatic carbocycles. The lowest BCUT2D eigenvalue weighted by atomic mass is 9.33. The molecule has 0 unspecified atom stereocenters. The molecule has 0 aromatic heterocycles. The molecule has 5 rings (SSSR count). The number of aliphatic hydroxyl groups is 1. The highest BCUT2D eigenvalue weighted by Crippen LogP contribution is 2.74. The molecule has 0 heterocycles. The minimum atomic E-state index is -0.843. The van der Waals surface area contributed by atoms with E-state index in [0.717, 1.165) is 31.3 Å². The molecular formula is C30H44O5. The predicted octanol–water partition coefficient (Wildman–Crippen LogP) is 5.59. The van der Waals surface area contributed by atoms with Crippen molar-refractivity contribution >= 4 is 17.5 Å². The summed E-state index contributed by atoms with van der Waals surface area (Å²) in [6, 6.07) is 0. The van der Waals surface area contributed by atoms with Crippen molar-refractivity contribution in [1.29, 1.82) is 0 Å². The largest absolute Gasteiger partial charge is 0.481 e. The first-order valence-corrected chi connectivity index (χ1v) is 13.7. The van der Waals surface area contributed by atoms with Crippen LogP contribution in [0.4, 0.5) is 0 Å². The van der Waals surface area contributed by atoms with E-state index in [1.54, 1.807) is 0 Å². The van der Waals surface area contributed by atoms with E-state index in [1.165, 1.54) is 0 Å². The van der Waals surface area contributed by atoms with Gasteiger partial charge >= 0.3 is 5.97 Å². The molecule has 5 nitrogen and oxygen atoms in total. The maximum Gasteiger partial charge on any atom is 0.310 e. The topological polar surface area (TPSA) is 91.7 Å². The molecule has 2 N–H and O–H groups in total. The van der Waals surface area contributed by atoms with Gasteiger partial charge in [-0.2, -0.15) is 0 Å². The van der Waals surface area contributed by atoms with E-state index in [-0.39, 0.29) is 41.0 Å². The van der Waals surface area contributed by atoms with E-state index < -0.39 is 27.6 Å². The van der Waals surface area contributed by atoms with Crippen molar-refractivity contribution in [2.45, 2.75) is 99.3 Å². The van der Waals surface area contributed by atoms with Gasteiger partial charge in [-0.25, -0.2) is 0 Å². The van der Waals surface area contributed by atoms with Gasteiger partial charge in [-0.3, -0.25) is 14.4 Å². The molecule has 4 fully saturated rings. The summed E-state index contributed by atoms with van der Waals surface area (Å²) < 4.78 is 0. The van der Waals surface area contributed by atoms with Crippen molar-refractivity contribution in [2.75, 3.05) is 6.61 Å². The van der Waals surface area contributed by atoms with Crippen molar-refractivity contribution < 1.29 is 24.6 Å². The molecule has 0 saturated heterocycles. The fourth-order valence-electron chi connectivity index (χ4n) is 10.4. The van der Waals surface area contributed by atoms with Crippen LogP contribution >= 0.6 is 0 Å². The normalized spacial score (nSPS) is 48.1. The Bertz CT molecular complexity index is 1020. The van der Waals surface area contributed by atoms with Crippen LogP contribution in [0.2, 0.25) is 0 Å². The average Bonchev–Trinajstić information content (AvgIpc) is 2.76. The van der Waals surface area contributed by atoms with Crippen LogP contribution in [0.1, 0.15) is 99.3 Å². The monoisotopic (exact) mass is 484 g/mol. The number of hydrogen-bond donors (Lipinski definition) is 2. The summed E-state index contributed by atoms with van der Waals surface area (Å²) in [5.41, 5.74) is -1.70. The molecule has 0 amide bonds. The summed E-state index contributed by atoms with van der Waals surface area (Å²) in [5.74, 6) is -0.679. The molecule has 0 radical (unpaired) electrons. The minimum absolute atomic E-state index is 0.00118. The first kappa shape index (κ1) is 25.2. The second-order valence-electron chi connectivity index (χ2n) is 14.7. The molecule has 5 aliphatic carbocycles. The number of Topliss-reactive ketones (excluding diaryl/α,β-unsaturated/α-hetero) is 1. The Balaban J connectivity index is 1.69. The van der Waals surface area contributed by atoms with Gasteiger partial charge in [0.1, 0.15) is 5.78 Å². The zero-order valence-electron chi connectivity index (χ0n) is 22.5. The molecule has 5 aliphatic rings. The van der Waals surface area contributed by atoms with Crippen LogP contribution in [0.25, 0.3) is 0 Å². The van der Waals surface area contributed by atoms with Gasteiger partial charge in [0.2, 0.25) is 0 Å². The fraction of sp³-hybridized carbons (Fsp3) is 0.833. The number of carbonyl (C=O) groups excluding carboxylic acids is 2. The third kappa shape index (κ3) is 2.94. The molecule has 0 aromatic rings. The van der Waals surface area contributed by atoms with Crippen LogP contribution in [-0.4, -0.2) is 34.4 Å². The Kier molecular flexibility index (Phi) is 5.25. The SMILES string of the molecule is CC1(C)CC[C@]2(C(=O)O)CC[C@]3(CO)C(=CC(=O)[C@@H]4[C@@]5(C)CCC(=O)C(C)(C)[C@@H]5CC[C@]43C)[C@@H]2C1. The minimum Gasteiger partial charge on any atom is -0.481 e. The molecule has 4 saturated carbocycles. The molecule has 0 aliphatic heterocycles. The first-order valence-electron chi connectivity index (χ1n) is 13.7. The van der Waals surface area contributed by atoms with E-state index >= 15 is 0 Å². The lowest BCUT2D eigenvalue weighted by Crippen LogP contribution is -2.68. The van der Waals surface area contributed by atoms with E-state index in [2.05, 4.69) is 41.5 Å². The zero-order chi connectivity index (χ0) is 25.8. The molecule has 5 heteroatoms. The molecule has 194 valence electrons. The van der Waals surface area contributed by atoms with Gasteiger partial charge in [-0.05, 0) is 85.5 Å². The van der Waals surface area contributed by atoms with Crippen molar-refractivity contribution in [2.24, 2.45) is 50.2 Å². The number of hydrogen-bond acceptors (Lipinski definition) is 4.